The van der Waals surface area contributed by atoms with E-state index in [1.807, 2.05) is 0 Å². The standard InChI is InChI=1S/C11H13NO4/c1-16-11(15)8-3-2-7(6-13)4-9(8)10(14)5-12/h2-4,13H,5-6,12H2,1H3. The highest BCUT2D eigenvalue weighted by atomic mass is 16.5. The first-order chi connectivity index (χ1) is 7.63. The smallest absolute Gasteiger partial charge is 0.338 e. The molecule has 1 rings (SSSR count). The fourth-order valence-electron chi connectivity index (χ4n) is 1.32. The number of methoxy groups -OCH3 is 1. The average molecular weight is 223 g/mol. The molecule has 5 heteroatoms. The molecule has 0 radical (unpaired) electrons. The molecule has 1 aromatic carbocycles. The second-order valence-corrected chi connectivity index (χ2v) is 3.16. The van der Waals surface area contributed by atoms with Crippen LogP contribution in [0.15, 0.2) is 18.2 Å². The molecule has 0 heterocycles. The fourth-order valence-corrected chi connectivity index (χ4v) is 1.32. The summed E-state index contributed by atoms with van der Waals surface area (Å²) in [6.45, 7) is -0.398. The molecular formula is C11H13NO4. The molecule has 16 heavy (non-hydrogen) atoms. The lowest BCUT2D eigenvalue weighted by molar-refractivity contribution is 0.0597. The number of esters is 1. The number of ketones is 1. The minimum atomic E-state index is -0.596. The van der Waals surface area contributed by atoms with Gasteiger partial charge in [-0.25, -0.2) is 4.79 Å². The summed E-state index contributed by atoms with van der Waals surface area (Å²) in [5.74, 6) is -0.961. The first-order valence-electron chi connectivity index (χ1n) is 4.69. The van der Waals surface area contributed by atoms with Crippen LogP contribution in [0.25, 0.3) is 0 Å². The van der Waals surface area contributed by atoms with Gasteiger partial charge in [0.1, 0.15) is 0 Å². The van der Waals surface area contributed by atoms with Crippen LogP contribution >= 0.6 is 0 Å². The van der Waals surface area contributed by atoms with E-state index in [0.29, 0.717) is 5.56 Å². The molecule has 0 spiro atoms. The quantitative estimate of drug-likeness (QED) is 0.558. The van der Waals surface area contributed by atoms with Gasteiger partial charge in [0, 0.05) is 5.56 Å². The highest BCUT2D eigenvalue weighted by Gasteiger charge is 2.16. The van der Waals surface area contributed by atoms with Crippen molar-refractivity contribution < 1.29 is 19.4 Å². The van der Waals surface area contributed by atoms with Crippen LogP contribution in [0.1, 0.15) is 26.3 Å². The molecule has 0 aliphatic carbocycles. The maximum Gasteiger partial charge on any atom is 0.338 e. The van der Waals surface area contributed by atoms with Crippen LogP contribution in [0, 0.1) is 0 Å². The number of hydrogen-bond donors (Lipinski definition) is 2. The minimum absolute atomic E-state index is 0.162. The zero-order valence-electron chi connectivity index (χ0n) is 8.90. The van der Waals surface area contributed by atoms with Gasteiger partial charge in [0.15, 0.2) is 5.78 Å². The number of carbonyl (C=O) groups excluding carboxylic acids is 2. The summed E-state index contributed by atoms with van der Waals surface area (Å²) in [6.07, 6.45) is 0. The molecule has 86 valence electrons. The molecular weight excluding hydrogens is 210 g/mol. The first-order valence-corrected chi connectivity index (χ1v) is 4.69. The third-order valence-corrected chi connectivity index (χ3v) is 2.16. The number of rotatable bonds is 4. The molecule has 0 atom stereocenters. The summed E-state index contributed by atoms with van der Waals surface area (Å²) < 4.78 is 4.55. The summed E-state index contributed by atoms with van der Waals surface area (Å²) in [4.78, 5) is 22.9. The van der Waals surface area contributed by atoms with Crippen LogP contribution in [-0.4, -0.2) is 30.5 Å². The van der Waals surface area contributed by atoms with E-state index in [2.05, 4.69) is 4.74 Å². The Hall–Kier alpha value is -1.72. The molecule has 0 aliphatic rings. The van der Waals surface area contributed by atoms with Crippen molar-refractivity contribution >= 4 is 11.8 Å². The molecule has 5 nitrogen and oxygen atoms in total. The number of carbonyl (C=O) groups is 2. The maximum atomic E-state index is 11.5. The number of Topliss-reactive ketones (excluding diaryl/α,β-unsaturated/α-hetero) is 1. The number of ether oxygens (including phenoxy) is 1. The van der Waals surface area contributed by atoms with E-state index >= 15 is 0 Å². The Morgan fingerprint density at radius 1 is 1.38 bits per heavy atom. The molecule has 0 saturated carbocycles. The predicted octanol–water partition coefficient (Wildman–Crippen LogP) is 0.107. The first kappa shape index (κ1) is 12.4. The minimum Gasteiger partial charge on any atom is -0.465 e. The van der Waals surface area contributed by atoms with Gasteiger partial charge in [-0.15, -0.1) is 0 Å². The summed E-state index contributed by atoms with van der Waals surface area (Å²) >= 11 is 0. The van der Waals surface area contributed by atoms with Crippen molar-refractivity contribution in [1.29, 1.82) is 0 Å². The molecule has 3 N–H and O–H groups in total. The monoisotopic (exact) mass is 223 g/mol. The van der Waals surface area contributed by atoms with Gasteiger partial charge in [0.25, 0.3) is 0 Å². The van der Waals surface area contributed by atoms with Crippen LogP contribution in [0.2, 0.25) is 0 Å². The number of aliphatic hydroxyl groups excluding tert-OH is 1. The third kappa shape index (κ3) is 2.44. The third-order valence-electron chi connectivity index (χ3n) is 2.16. The lowest BCUT2D eigenvalue weighted by Gasteiger charge is -2.07. The van der Waals surface area contributed by atoms with E-state index in [4.69, 9.17) is 10.8 Å². The van der Waals surface area contributed by atoms with Gasteiger partial charge in [0.05, 0.1) is 25.8 Å². The van der Waals surface area contributed by atoms with Crippen molar-refractivity contribution in [3.63, 3.8) is 0 Å². The molecule has 0 amide bonds. The van der Waals surface area contributed by atoms with Gasteiger partial charge in [-0.2, -0.15) is 0 Å². The lowest BCUT2D eigenvalue weighted by atomic mass is 10.0. The molecule has 0 fully saturated rings. The molecule has 0 bridgehead atoms. The van der Waals surface area contributed by atoms with Crippen LogP contribution in [0.5, 0.6) is 0 Å². The average Bonchev–Trinajstić information content (AvgIpc) is 2.36. The summed E-state index contributed by atoms with van der Waals surface area (Å²) in [7, 11) is 1.24. The Bertz CT molecular complexity index is 414. The predicted molar refractivity (Wildman–Crippen MR) is 57.1 cm³/mol. The van der Waals surface area contributed by atoms with Crippen molar-refractivity contribution in [2.45, 2.75) is 6.61 Å². The van der Waals surface area contributed by atoms with Crippen LogP contribution in [-0.2, 0) is 11.3 Å². The molecule has 0 unspecified atom stereocenters. The molecule has 1 aromatic rings. The largest absolute Gasteiger partial charge is 0.465 e. The zero-order chi connectivity index (χ0) is 12.1. The number of benzene rings is 1. The van der Waals surface area contributed by atoms with E-state index in [-0.39, 0.29) is 30.1 Å². The van der Waals surface area contributed by atoms with Crippen LogP contribution < -0.4 is 5.73 Å². The Labute approximate surface area is 92.8 Å². The highest BCUT2D eigenvalue weighted by molar-refractivity contribution is 6.07. The van der Waals surface area contributed by atoms with Gasteiger partial charge in [0.2, 0.25) is 0 Å². The number of hydrogen-bond acceptors (Lipinski definition) is 5. The van der Waals surface area contributed by atoms with Gasteiger partial charge in [-0.05, 0) is 17.7 Å². The van der Waals surface area contributed by atoms with Gasteiger partial charge in [-0.3, -0.25) is 4.79 Å². The normalized spacial score (nSPS) is 9.94. The van der Waals surface area contributed by atoms with Gasteiger partial charge >= 0.3 is 5.97 Å². The lowest BCUT2D eigenvalue weighted by Crippen LogP contribution is -2.18. The van der Waals surface area contributed by atoms with Crippen LogP contribution in [0.4, 0.5) is 0 Å². The molecule has 0 aromatic heterocycles. The van der Waals surface area contributed by atoms with Gasteiger partial charge in [-0.1, -0.05) is 6.07 Å². The Morgan fingerprint density at radius 3 is 2.56 bits per heavy atom. The zero-order valence-corrected chi connectivity index (χ0v) is 8.90. The van der Waals surface area contributed by atoms with E-state index in [1.165, 1.54) is 19.2 Å². The van der Waals surface area contributed by atoms with E-state index < -0.39 is 5.97 Å². The second kappa shape index (κ2) is 5.39. The molecule has 0 saturated heterocycles. The Morgan fingerprint density at radius 2 is 2.06 bits per heavy atom. The summed E-state index contributed by atoms with van der Waals surface area (Å²) in [5, 5.41) is 8.94. The van der Waals surface area contributed by atoms with Crippen molar-refractivity contribution in [2.24, 2.45) is 5.73 Å². The fraction of sp³-hybridized carbons (Fsp3) is 0.273. The number of aliphatic hydroxyl groups is 1. The topological polar surface area (TPSA) is 89.6 Å². The van der Waals surface area contributed by atoms with E-state index in [0.717, 1.165) is 0 Å². The highest BCUT2D eigenvalue weighted by Crippen LogP contribution is 2.14. The Kier molecular flexibility index (Phi) is 4.16. The SMILES string of the molecule is COC(=O)c1ccc(CO)cc1C(=O)CN. The van der Waals surface area contributed by atoms with Crippen molar-refractivity contribution in [3.8, 4) is 0 Å². The van der Waals surface area contributed by atoms with Crippen molar-refractivity contribution in [1.82, 2.24) is 0 Å². The summed E-state index contributed by atoms with van der Waals surface area (Å²) in [5.41, 5.74) is 6.13. The van der Waals surface area contributed by atoms with Crippen LogP contribution in [0.3, 0.4) is 0 Å². The van der Waals surface area contributed by atoms with Gasteiger partial charge < -0.3 is 15.6 Å². The maximum absolute atomic E-state index is 11.5. The van der Waals surface area contributed by atoms with E-state index in [1.54, 1.807) is 6.07 Å². The van der Waals surface area contributed by atoms with Crippen molar-refractivity contribution in [2.75, 3.05) is 13.7 Å². The summed E-state index contributed by atoms with van der Waals surface area (Å²) in [6, 6.07) is 4.45. The Balaban J connectivity index is 3.26. The second-order valence-electron chi connectivity index (χ2n) is 3.16. The molecule has 0 aliphatic heterocycles. The van der Waals surface area contributed by atoms with Crippen molar-refractivity contribution in [3.05, 3.63) is 34.9 Å². The number of nitrogens with two attached hydrogens (primary N) is 1. The van der Waals surface area contributed by atoms with E-state index in [9.17, 15) is 9.59 Å².